The van der Waals surface area contributed by atoms with E-state index < -0.39 is 11.7 Å². The van der Waals surface area contributed by atoms with Crippen LogP contribution in [0.3, 0.4) is 0 Å². The number of hydrogen-bond acceptors (Lipinski definition) is 4. The highest BCUT2D eigenvalue weighted by Gasteiger charge is 2.30. The maximum absolute atomic E-state index is 12.7. The lowest BCUT2D eigenvalue weighted by Gasteiger charge is -2.31. The molecule has 0 atom stereocenters. The molecule has 2 heterocycles. The number of halogens is 3. The van der Waals surface area contributed by atoms with Gasteiger partial charge in [-0.1, -0.05) is 24.3 Å². The van der Waals surface area contributed by atoms with Crippen molar-refractivity contribution in [3.8, 4) is 0 Å². The molecule has 2 aromatic carbocycles. The Morgan fingerprint density at radius 3 is 2.41 bits per heavy atom. The maximum atomic E-state index is 12.7. The van der Waals surface area contributed by atoms with E-state index in [4.69, 9.17) is 4.98 Å². The van der Waals surface area contributed by atoms with Gasteiger partial charge < -0.3 is 10.2 Å². The number of benzene rings is 2. The summed E-state index contributed by atoms with van der Waals surface area (Å²) in [5.74, 6) is 0.476. The summed E-state index contributed by atoms with van der Waals surface area (Å²) in [6, 6.07) is 11.0. The molecule has 1 aliphatic rings. The number of piperidine rings is 1. The summed E-state index contributed by atoms with van der Waals surface area (Å²) in [6.07, 6.45) is -3.01. The van der Waals surface area contributed by atoms with Crippen LogP contribution in [0.1, 0.15) is 35.2 Å². The SMILES string of the molecule is Cc1ccc2c(C)nc(N3CCC(C(=O)NCc4ccc(C(F)(F)F)cc4)CC3)nc2c1. The number of carbonyl (C=O) groups excluding carboxylic acids is 1. The molecule has 0 unspecified atom stereocenters. The van der Waals surface area contributed by atoms with Gasteiger partial charge in [0.15, 0.2) is 0 Å². The van der Waals surface area contributed by atoms with Gasteiger partial charge in [-0.3, -0.25) is 4.79 Å². The van der Waals surface area contributed by atoms with Crippen LogP contribution < -0.4 is 10.2 Å². The molecule has 0 saturated carbocycles. The van der Waals surface area contributed by atoms with E-state index in [2.05, 4.69) is 21.3 Å². The molecule has 1 amide bonds. The average Bonchev–Trinajstić information content (AvgIpc) is 2.77. The third-order valence-corrected chi connectivity index (χ3v) is 5.93. The topological polar surface area (TPSA) is 58.1 Å². The van der Waals surface area contributed by atoms with Crippen molar-refractivity contribution in [1.29, 1.82) is 0 Å². The van der Waals surface area contributed by atoms with Gasteiger partial charge in [-0.2, -0.15) is 13.2 Å². The molecule has 1 N–H and O–H groups in total. The summed E-state index contributed by atoms with van der Waals surface area (Å²) in [5.41, 5.74) is 2.94. The molecular weight excluding hydrogens is 417 g/mol. The monoisotopic (exact) mass is 442 g/mol. The third kappa shape index (κ3) is 4.84. The molecule has 0 radical (unpaired) electrons. The Labute approximate surface area is 184 Å². The summed E-state index contributed by atoms with van der Waals surface area (Å²) in [4.78, 5) is 24.1. The van der Waals surface area contributed by atoms with Gasteiger partial charge >= 0.3 is 6.18 Å². The molecule has 0 spiro atoms. The Bertz CT molecular complexity index is 1120. The molecular formula is C24H25F3N4O. The van der Waals surface area contributed by atoms with E-state index in [-0.39, 0.29) is 18.4 Å². The summed E-state index contributed by atoms with van der Waals surface area (Å²) < 4.78 is 38.0. The standard InChI is InChI=1S/C24H25F3N4O/c1-15-3-8-20-16(2)29-23(30-21(20)13-15)31-11-9-18(10-12-31)22(32)28-14-17-4-6-19(7-5-17)24(25,26)27/h3-8,13,18H,9-12,14H2,1-2H3,(H,28,32). The zero-order valence-electron chi connectivity index (χ0n) is 18.0. The lowest BCUT2D eigenvalue weighted by molar-refractivity contribution is -0.137. The quantitative estimate of drug-likeness (QED) is 0.631. The summed E-state index contributed by atoms with van der Waals surface area (Å²) in [5, 5.41) is 3.89. The third-order valence-electron chi connectivity index (χ3n) is 5.93. The highest BCUT2D eigenvalue weighted by molar-refractivity contribution is 5.82. The van der Waals surface area contributed by atoms with Crippen molar-refractivity contribution >= 4 is 22.8 Å². The minimum Gasteiger partial charge on any atom is -0.352 e. The number of nitrogens with zero attached hydrogens (tertiary/aromatic N) is 3. The van der Waals surface area contributed by atoms with Gasteiger partial charge in [-0.25, -0.2) is 9.97 Å². The Morgan fingerprint density at radius 2 is 1.75 bits per heavy atom. The van der Waals surface area contributed by atoms with Crippen molar-refractivity contribution in [2.75, 3.05) is 18.0 Å². The maximum Gasteiger partial charge on any atom is 0.416 e. The van der Waals surface area contributed by atoms with Crippen molar-refractivity contribution in [2.24, 2.45) is 5.92 Å². The minimum absolute atomic E-state index is 0.0733. The van der Waals surface area contributed by atoms with Gasteiger partial charge in [0, 0.05) is 30.9 Å². The van der Waals surface area contributed by atoms with Crippen LogP contribution in [0.4, 0.5) is 19.1 Å². The second kappa shape index (κ2) is 8.76. The molecule has 168 valence electrons. The van der Waals surface area contributed by atoms with Gasteiger partial charge in [0.05, 0.1) is 16.8 Å². The van der Waals surface area contributed by atoms with E-state index in [0.717, 1.165) is 34.3 Å². The average molecular weight is 442 g/mol. The molecule has 32 heavy (non-hydrogen) atoms. The van der Waals surface area contributed by atoms with E-state index in [0.29, 0.717) is 37.4 Å². The van der Waals surface area contributed by atoms with Crippen LogP contribution >= 0.6 is 0 Å². The van der Waals surface area contributed by atoms with E-state index in [9.17, 15) is 18.0 Å². The molecule has 0 bridgehead atoms. The molecule has 8 heteroatoms. The predicted molar refractivity (Wildman–Crippen MR) is 117 cm³/mol. The number of anilines is 1. The number of carbonyl (C=O) groups is 1. The van der Waals surface area contributed by atoms with Crippen LogP contribution in [0.5, 0.6) is 0 Å². The van der Waals surface area contributed by atoms with Crippen LogP contribution in [0.15, 0.2) is 42.5 Å². The fourth-order valence-corrected chi connectivity index (χ4v) is 4.01. The summed E-state index contributed by atoms with van der Waals surface area (Å²) in [7, 11) is 0. The second-order valence-corrected chi connectivity index (χ2v) is 8.30. The van der Waals surface area contributed by atoms with Gasteiger partial charge in [0.25, 0.3) is 0 Å². The highest BCUT2D eigenvalue weighted by atomic mass is 19.4. The molecule has 0 aliphatic carbocycles. The largest absolute Gasteiger partial charge is 0.416 e. The van der Waals surface area contributed by atoms with Crippen LogP contribution in [0, 0.1) is 19.8 Å². The molecule has 3 aromatic rings. The number of alkyl halides is 3. The van der Waals surface area contributed by atoms with E-state index >= 15 is 0 Å². The molecule has 5 nitrogen and oxygen atoms in total. The first-order valence-corrected chi connectivity index (χ1v) is 10.6. The lowest BCUT2D eigenvalue weighted by Crippen LogP contribution is -2.41. The van der Waals surface area contributed by atoms with E-state index in [1.807, 2.05) is 26.0 Å². The fourth-order valence-electron chi connectivity index (χ4n) is 4.01. The van der Waals surface area contributed by atoms with Crippen molar-refractivity contribution in [1.82, 2.24) is 15.3 Å². The number of aryl methyl sites for hydroxylation is 2. The van der Waals surface area contributed by atoms with Crippen molar-refractivity contribution in [2.45, 2.75) is 39.4 Å². The Hall–Kier alpha value is -3.16. The van der Waals surface area contributed by atoms with Crippen LogP contribution in [0.2, 0.25) is 0 Å². The van der Waals surface area contributed by atoms with Gasteiger partial charge in [0.2, 0.25) is 11.9 Å². The molecule has 4 rings (SSSR count). The Kier molecular flexibility index (Phi) is 6.04. The Balaban J connectivity index is 1.33. The van der Waals surface area contributed by atoms with Gasteiger partial charge in [0.1, 0.15) is 0 Å². The van der Waals surface area contributed by atoms with Crippen LogP contribution in [-0.2, 0) is 17.5 Å². The first kappa shape index (κ1) is 22.0. The predicted octanol–water partition coefficient (Wildman–Crippen LogP) is 4.80. The molecule has 1 aromatic heterocycles. The first-order valence-electron chi connectivity index (χ1n) is 10.6. The zero-order chi connectivity index (χ0) is 22.9. The Morgan fingerprint density at radius 1 is 1.06 bits per heavy atom. The minimum atomic E-state index is -4.36. The number of fused-ring (bicyclic) bond motifs is 1. The molecule has 1 saturated heterocycles. The van der Waals surface area contributed by atoms with Crippen molar-refractivity contribution in [3.63, 3.8) is 0 Å². The summed E-state index contributed by atoms with van der Waals surface area (Å²) in [6.45, 7) is 5.57. The lowest BCUT2D eigenvalue weighted by atomic mass is 9.96. The highest BCUT2D eigenvalue weighted by Crippen LogP contribution is 2.29. The van der Waals surface area contributed by atoms with E-state index in [1.54, 1.807) is 0 Å². The first-order chi connectivity index (χ1) is 15.2. The number of aromatic nitrogens is 2. The molecule has 1 fully saturated rings. The van der Waals surface area contributed by atoms with Gasteiger partial charge in [-0.05, 0) is 56.0 Å². The van der Waals surface area contributed by atoms with Crippen LogP contribution in [-0.4, -0.2) is 29.0 Å². The summed E-state index contributed by atoms with van der Waals surface area (Å²) >= 11 is 0. The number of hydrogen-bond donors (Lipinski definition) is 1. The van der Waals surface area contributed by atoms with Crippen molar-refractivity contribution in [3.05, 3.63) is 64.8 Å². The number of nitrogens with one attached hydrogen (secondary N) is 1. The van der Waals surface area contributed by atoms with Crippen molar-refractivity contribution < 1.29 is 18.0 Å². The van der Waals surface area contributed by atoms with Gasteiger partial charge in [-0.15, -0.1) is 0 Å². The van der Waals surface area contributed by atoms with Crippen LogP contribution in [0.25, 0.3) is 10.9 Å². The van der Waals surface area contributed by atoms with E-state index in [1.165, 1.54) is 12.1 Å². The second-order valence-electron chi connectivity index (χ2n) is 8.30. The number of rotatable bonds is 4. The number of amides is 1. The smallest absolute Gasteiger partial charge is 0.352 e. The molecule has 1 aliphatic heterocycles. The fraction of sp³-hybridized carbons (Fsp3) is 0.375. The zero-order valence-corrected chi connectivity index (χ0v) is 18.0. The normalized spacial score (nSPS) is 15.2.